The molecule has 2 aliphatic heterocycles. The first-order valence-corrected chi connectivity index (χ1v) is 7.55. The van der Waals surface area contributed by atoms with Crippen LogP contribution in [0, 0.1) is 18.8 Å². The minimum atomic E-state index is -1.22. The molecule has 6 heteroatoms. The number of nitrogens with zero attached hydrogens (tertiary/aromatic N) is 1. The molecular formula is C17H20N2O4. The highest BCUT2D eigenvalue weighted by Gasteiger charge is 2.66. The first kappa shape index (κ1) is 15.7. The average molecular weight is 316 g/mol. The van der Waals surface area contributed by atoms with Gasteiger partial charge in [-0.15, -0.1) is 0 Å². The topological polar surface area (TPSA) is 75.7 Å². The molecule has 0 aliphatic carbocycles. The summed E-state index contributed by atoms with van der Waals surface area (Å²) >= 11 is 0. The fourth-order valence-electron chi connectivity index (χ4n) is 3.74. The molecule has 0 spiro atoms. The van der Waals surface area contributed by atoms with Crippen LogP contribution < -0.4 is 5.32 Å². The molecule has 2 saturated heterocycles. The number of amides is 2. The van der Waals surface area contributed by atoms with Gasteiger partial charge in [0.15, 0.2) is 0 Å². The zero-order valence-corrected chi connectivity index (χ0v) is 13.6. The first-order valence-electron chi connectivity index (χ1n) is 7.55. The number of likely N-dealkylation sites (tertiary alicyclic amines) is 1. The molecule has 3 rings (SSSR count). The number of imide groups is 1. The zero-order valence-electron chi connectivity index (χ0n) is 13.6. The van der Waals surface area contributed by atoms with Crippen LogP contribution in [0.5, 0.6) is 0 Å². The van der Waals surface area contributed by atoms with Crippen molar-refractivity contribution in [1.82, 2.24) is 10.2 Å². The summed E-state index contributed by atoms with van der Waals surface area (Å²) in [5.74, 6) is -2.47. The van der Waals surface area contributed by atoms with E-state index in [0.29, 0.717) is 0 Å². The highest BCUT2D eigenvalue weighted by atomic mass is 16.5. The fourth-order valence-corrected chi connectivity index (χ4v) is 3.74. The zero-order chi connectivity index (χ0) is 16.9. The second-order valence-corrected chi connectivity index (χ2v) is 6.47. The van der Waals surface area contributed by atoms with E-state index in [1.54, 1.807) is 6.92 Å². The molecule has 23 heavy (non-hydrogen) atoms. The van der Waals surface area contributed by atoms with E-state index in [-0.39, 0.29) is 11.8 Å². The van der Waals surface area contributed by atoms with Crippen molar-refractivity contribution >= 4 is 17.8 Å². The van der Waals surface area contributed by atoms with Gasteiger partial charge in [-0.25, -0.2) is 0 Å². The van der Waals surface area contributed by atoms with Gasteiger partial charge < -0.3 is 4.74 Å². The van der Waals surface area contributed by atoms with E-state index in [2.05, 4.69) is 5.32 Å². The molecule has 2 aliphatic rings. The maximum Gasteiger partial charge on any atom is 0.326 e. The van der Waals surface area contributed by atoms with Crippen LogP contribution in [0.4, 0.5) is 0 Å². The fraction of sp³-hybridized carbons (Fsp3) is 0.471. The van der Waals surface area contributed by atoms with Gasteiger partial charge in [-0.1, -0.05) is 29.8 Å². The third kappa shape index (κ3) is 2.09. The van der Waals surface area contributed by atoms with E-state index < -0.39 is 29.4 Å². The number of hydrogen-bond acceptors (Lipinski definition) is 5. The number of fused-ring (bicyclic) bond motifs is 1. The van der Waals surface area contributed by atoms with Crippen LogP contribution in [0.3, 0.4) is 0 Å². The van der Waals surface area contributed by atoms with Crippen molar-refractivity contribution in [3.05, 3.63) is 35.4 Å². The predicted molar refractivity (Wildman–Crippen MR) is 82.2 cm³/mol. The Hall–Kier alpha value is -2.21. The Labute approximate surface area is 134 Å². The Balaban J connectivity index is 2.09. The number of nitrogens with one attached hydrogen (secondary N) is 1. The number of aryl methyl sites for hydroxylation is 1. The molecule has 2 amide bonds. The van der Waals surface area contributed by atoms with Gasteiger partial charge in [0.1, 0.15) is 5.54 Å². The lowest BCUT2D eigenvalue weighted by atomic mass is 9.80. The normalized spacial score (nSPS) is 33.0. The van der Waals surface area contributed by atoms with Gasteiger partial charge in [0.2, 0.25) is 11.8 Å². The number of benzene rings is 1. The van der Waals surface area contributed by atoms with Crippen molar-refractivity contribution in [3.8, 4) is 0 Å². The van der Waals surface area contributed by atoms with Crippen molar-refractivity contribution < 1.29 is 19.1 Å². The van der Waals surface area contributed by atoms with Crippen LogP contribution in [-0.2, 0) is 19.1 Å². The molecule has 6 nitrogen and oxygen atoms in total. The van der Waals surface area contributed by atoms with E-state index in [4.69, 9.17) is 4.74 Å². The smallest absolute Gasteiger partial charge is 0.326 e. The maximum atomic E-state index is 12.6. The van der Waals surface area contributed by atoms with Crippen LogP contribution in [0.15, 0.2) is 24.3 Å². The Morgan fingerprint density at radius 1 is 1.22 bits per heavy atom. The first-order chi connectivity index (χ1) is 10.8. The summed E-state index contributed by atoms with van der Waals surface area (Å²) in [4.78, 5) is 38.5. The highest BCUT2D eigenvalue weighted by molar-refractivity contribution is 6.09. The highest BCUT2D eigenvalue weighted by Crippen LogP contribution is 2.48. The SMILES string of the molecule is COC(=O)[C@@]1(C)N[C@@H](c2ccc(C)cc2)[C@@H]2C(=O)N(C)C(=O)[C@H]21. The van der Waals surface area contributed by atoms with Gasteiger partial charge in [-0.3, -0.25) is 24.6 Å². The lowest BCUT2D eigenvalue weighted by molar-refractivity contribution is -0.152. The Morgan fingerprint density at radius 3 is 2.39 bits per heavy atom. The number of methoxy groups -OCH3 is 1. The number of carbonyl (C=O) groups is 3. The molecule has 1 N–H and O–H groups in total. The summed E-state index contributed by atoms with van der Waals surface area (Å²) in [6, 6.07) is 7.34. The van der Waals surface area contributed by atoms with E-state index in [9.17, 15) is 14.4 Å². The maximum absolute atomic E-state index is 12.6. The number of rotatable bonds is 2. The Morgan fingerprint density at radius 2 is 1.83 bits per heavy atom. The van der Waals surface area contributed by atoms with Gasteiger partial charge in [0.05, 0.1) is 18.9 Å². The molecular weight excluding hydrogens is 296 g/mol. The van der Waals surface area contributed by atoms with E-state index in [0.717, 1.165) is 16.0 Å². The summed E-state index contributed by atoms with van der Waals surface area (Å²) < 4.78 is 4.88. The molecule has 2 fully saturated rings. The predicted octanol–water partition coefficient (Wildman–Crippen LogP) is 0.802. The number of esters is 1. The minimum Gasteiger partial charge on any atom is -0.468 e. The van der Waals surface area contributed by atoms with Crippen LogP contribution >= 0.6 is 0 Å². The lowest BCUT2D eigenvalue weighted by Crippen LogP contribution is -2.53. The quantitative estimate of drug-likeness (QED) is 0.645. The summed E-state index contributed by atoms with van der Waals surface area (Å²) in [5, 5.41) is 3.19. The van der Waals surface area contributed by atoms with E-state index in [1.807, 2.05) is 31.2 Å². The average Bonchev–Trinajstić information content (AvgIpc) is 2.97. The monoisotopic (exact) mass is 316 g/mol. The second kappa shape index (κ2) is 5.16. The Kier molecular flexibility index (Phi) is 3.52. The molecule has 2 heterocycles. The Bertz CT molecular complexity index is 684. The molecule has 1 aromatic carbocycles. The molecule has 0 unspecified atom stereocenters. The molecule has 0 aromatic heterocycles. The van der Waals surface area contributed by atoms with Crippen LogP contribution in [0.25, 0.3) is 0 Å². The summed E-state index contributed by atoms with van der Waals surface area (Å²) in [7, 11) is 2.75. The van der Waals surface area contributed by atoms with Crippen molar-refractivity contribution in [2.75, 3.05) is 14.2 Å². The summed E-state index contributed by atoms with van der Waals surface area (Å²) in [5.41, 5.74) is 0.770. The number of ether oxygens (including phenoxy) is 1. The molecule has 0 saturated carbocycles. The molecule has 4 atom stereocenters. The lowest BCUT2D eigenvalue weighted by Gasteiger charge is -2.27. The van der Waals surface area contributed by atoms with Crippen LogP contribution in [-0.4, -0.2) is 42.4 Å². The molecule has 122 valence electrons. The molecule has 1 aromatic rings. The van der Waals surface area contributed by atoms with Gasteiger partial charge >= 0.3 is 5.97 Å². The third-order valence-corrected chi connectivity index (χ3v) is 5.05. The molecule has 0 radical (unpaired) electrons. The van der Waals surface area contributed by atoms with E-state index >= 15 is 0 Å². The van der Waals surface area contributed by atoms with E-state index in [1.165, 1.54) is 14.2 Å². The van der Waals surface area contributed by atoms with Gasteiger partial charge in [-0.2, -0.15) is 0 Å². The third-order valence-electron chi connectivity index (χ3n) is 5.05. The number of carbonyl (C=O) groups excluding carboxylic acids is 3. The summed E-state index contributed by atoms with van der Waals surface area (Å²) in [6.07, 6.45) is 0. The van der Waals surface area contributed by atoms with Gasteiger partial charge in [-0.05, 0) is 19.4 Å². The largest absolute Gasteiger partial charge is 0.468 e. The van der Waals surface area contributed by atoms with Crippen LogP contribution in [0.2, 0.25) is 0 Å². The van der Waals surface area contributed by atoms with Crippen molar-refractivity contribution in [2.24, 2.45) is 11.8 Å². The summed E-state index contributed by atoms with van der Waals surface area (Å²) in [6.45, 7) is 3.61. The van der Waals surface area contributed by atoms with Gasteiger partial charge in [0.25, 0.3) is 0 Å². The standard InChI is InChI=1S/C17H20N2O4/c1-9-5-7-10(8-6-9)13-11-12(15(21)19(3)14(11)20)17(2,18-13)16(22)23-4/h5-8,11-13,18H,1-4H3/t11-,12+,13+,17+/m1/s1. The van der Waals surface area contributed by atoms with Crippen LogP contribution in [0.1, 0.15) is 24.1 Å². The second-order valence-electron chi connectivity index (χ2n) is 6.47. The number of hydrogen-bond donors (Lipinski definition) is 1. The van der Waals surface area contributed by atoms with Crippen molar-refractivity contribution in [1.29, 1.82) is 0 Å². The minimum absolute atomic E-state index is 0.259. The van der Waals surface area contributed by atoms with Crippen molar-refractivity contribution in [2.45, 2.75) is 25.4 Å². The molecule has 0 bridgehead atoms. The van der Waals surface area contributed by atoms with Gasteiger partial charge in [0, 0.05) is 13.1 Å². The van der Waals surface area contributed by atoms with Crippen molar-refractivity contribution in [3.63, 3.8) is 0 Å².